The molecule has 0 radical (unpaired) electrons. The van der Waals surface area contributed by atoms with Gasteiger partial charge in [0.15, 0.2) is 0 Å². The Hall–Kier alpha value is -0.560. The van der Waals surface area contributed by atoms with Gasteiger partial charge in [-0.1, -0.05) is 6.58 Å². The van der Waals surface area contributed by atoms with Gasteiger partial charge in [0.1, 0.15) is 0 Å². The van der Waals surface area contributed by atoms with Gasteiger partial charge in [0, 0.05) is 4.88 Å². The van der Waals surface area contributed by atoms with Gasteiger partial charge in [-0.3, -0.25) is 0 Å². The van der Waals surface area contributed by atoms with Crippen LogP contribution >= 0.6 is 11.3 Å². The number of hydrogen-bond donors (Lipinski definition) is 0. The zero-order chi connectivity index (χ0) is 6.85. The van der Waals surface area contributed by atoms with Gasteiger partial charge in [0.2, 0.25) is 0 Å². The second-order valence-corrected chi connectivity index (χ2v) is 3.29. The van der Waals surface area contributed by atoms with E-state index in [1.165, 1.54) is 10.4 Å². The molecule has 0 amide bonds. The maximum atomic E-state index is 3.87. The first kappa shape index (κ1) is 6.56. The molecule has 1 heteroatoms. The van der Waals surface area contributed by atoms with E-state index < -0.39 is 0 Å². The summed E-state index contributed by atoms with van der Waals surface area (Å²) in [5, 5.41) is 2.10. The molecular weight excluding hydrogens is 128 g/mol. The molecule has 1 aromatic heterocycles. The molecule has 0 nitrogen and oxygen atoms in total. The summed E-state index contributed by atoms with van der Waals surface area (Å²) in [6.07, 6.45) is 0. The van der Waals surface area contributed by atoms with Crippen LogP contribution in [0.4, 0.5) is 0 Å². The minimum Gasteiger partial charge on any atom is -0.149 e. The average molecular weight is 138 g/mol. The van der Waals surface area contributed by atoms with Crippen LogP contribution in [0.15, 0.2) is 18.0 Å². The van der Waals surface area contributed by atoms with Gasteiger partial charge in [-0.15, -0.1) is 11.3 Å². The summed E-state index contributed by atoms with van der Waals surface area (Å²) in [5.74, 6) is 0. The fourth-order valence-corrected chi connectivity index (χ4v) is 1.61. The normalized spacial score (nSPS) is 9.56. The van der Waals surface area contributed by atoms with Gasteiger partial charge in [-0.25, -0.2) is 0 Å². The number of rotatable bonds is 1. The van der Waals surface area contributed by atoms with Gasteiger partial charge < -0.3 is 0 Å². The highest BCUT2D eigenvalue weighted by Crippen LogP contribution is 2.21. The molecule has 1 aromatic rings. The second-order valence-electron chi connectivity index (χ2n) is 2.17. The summed E-state index contributed by atoms with van der Waals surface area (Å²) in [6.45, 7) is 8.02. The third-order valence-corrected chi connectivity index (χ3v) is 2.16. The van der Waals surface area contributed by atoms with E-state index in [0.29, 0.717) is 0 Å². The van der Waals surface area contributed by atoms with Crippen molar-refractivity contribution in [2.24, 2.45) is 0 Å². The van der Waals surface area contributed by atoms with Crippen LogP contribution in [0, 0.1) is 6.92 Å². The molecule has 0 aromatic carbocycles. The van der Waals surface area contributed by atoms with Gasteiger partial charge in [0.05, 0.1) is 0 Å². The first-order chi connectivity index (χ1) is 4.22. The van der Waals surface area contributed by atoms with Crippen LogP contribution in [0.25, 0.3) is 5.57 Å². The lowest BCUT2D eigenvalue weighted by molar-refractivity contribution is 1.54. The highest BCUT2D eigenvalue weighted by Gasteiger charge is 1.96. The Balaban J connectivity index is 3.08. The highest BCUT2D eigenvalue weighted by atomic mass is 32.1. The lowest BCUT2D eigenvalue weighted by atomic mass is 10.1. The molecule has 48 valence electrons. The Bertz CT molecular complexity index is 220. The molecular formula is C8H10S. The third kappa shape index (κ3) is 1.22. The molecule has 0 aliphatic rings. The van der Waals surface area contributed by atoms with Crippen molar-refractivity contribution in [1.82, 2.24) is 0 Å². The van der Waals surface area contributed by atoms with E-state index >= 15 is 0 Å². The molecule has 0 aliphatic heterocycles. The van der Waals surface area contributed by atoms with Crippen molar-refractivity contribution in [1.29, 1.82) is 0 Å². The smallest absolute Gasteiger partial charge is 0.00890 e. The lowest BCUT2D eigenvalue weighted by Gasteiger charge is -1.93. The summed E-state index contributed by atoms with van der Waals surface area (Å²) in [6, 6.07) is 2.11. The zero-order valence-corrected chi connectivity index (χ0v) is 6.59. The van der Waals surface area contributed by atoms with Crippen LogP contribution in [-0.2, 0) is 0 Å². The Morgan fingerprint density at radius 1 is 1.67 bits per heavy atom. The van der Waals surface area contributed by atoms with E-state index in [9.17, 15) is 0 Å². The van der Waals surface area contributed by atoms with Gasteiger partial charge in [0.25, 0.3) is 0 Å². The van der Waals surface area contributed by atoms with Crippen LogP contribution in [-0.4, -0.2) is 0 Å². The first-order valence-electron chi connectivity index (χ1n) is 2.92. The van der Waals surface area contributed by atoms with E-state index in [1.807, 2.05) is 6.92 Å². The minimum absolute atomic E-state index is 1.16. The van der Waals surface area contributed by atoms with Crippen molar-refractivity contribution >= 4 is 16.9 Å². The van der Waals surface area contributed by atoms with Gasteiger partial charge in [-0.2, -0.15) is 0 Å². The van der Waals surface area contributed by atoms with Gasteiger partial charge >= 0.3 is 0 Å². The van der Waals surface area contributed by atoms with Crippen molar-refractivity contribution in [3.63, 3.8) is 0 Å². The molecule has 0 bridgehead atoms. The monoisotopic (exact) mass is 138 g/mol. The maximum Gasteiger partial charge on any atom is 0.00890 e. The molecule has 0 atom stereocenters. The molecule has 0 saturated carbocycles. The van der Waals surface area contributed by atoms with Crippen LogP contribution in [0.3, 0.4) is 0 Å². The molecule has 0 fully saturated rings. The fraction of sp³-hybridized carbons (Fsp3) is 0.250. The largest absolute Gasteiger partial charge is 0.149 e. The zero-order valence-electron chi connectivity index (χ0n) is 5.77. The van der Waals surface area contributed by atoms with E-state index in [2.05, 4.69) is 24.9 Å². The molecule has 1 rings (SSSR count). The highest BCUT2D eigenvalue weighted by molar-refractivity contribution is 7.10. The summed E-state index contributed by atoms with van der Waals surface area (Å²) < 4.78 is 0. The van der Waals surface area contributed by atoms with Crippen molar-refractivity contribution in [2.75, 3.05) is 0 Å². The Labute approximate surface area is 59.8 Å². The van der Waals surface area contributed by atoms with Gasteiger partial charge in [-0.05, 0) is 36.4 Å². The quantitative estimate of drug-likeness (QED) is 0.559. The number of aryl methyl sites for hydroxylation is 1. The van der Waals surface area contributed by atoms with E-state index in [4.69, 9.17) is 0 Å². The first-order valence-corrected chi connectivity index (χ1v) is 3.80. The Morgan fingerprint density at radius 3 is 2.56 bits per heavy atom. The van der Waals surface area contributed by atoms with Crippen LogP contribution in [0.5, 0.6) is 0 Å². The SMILES string of the molecule is C=C(C)c1ccsc1C. The third-order valence-electron chi connectivity index (χ3n) is 1.32. The van der Waals surface area contributed by atoms with E-state index in [1.54, 1.807) is 11.3 Å². The van der Waals surface area contributed by atoms with Crippen molar-refractivity contribution in [3.8, 4) is 0 Å². The summed E-state index contributed by atoms with van der Waals surface area (Å²) in [7, 11) is 0. The molecule has 0 spiro atoms. The summed E-state index contributed by atoms with van der Waals surface area (Å²) in [4.78, 5) is 1.36. The topological polar surface area (TPSA) is 0 Å². The number of hydrogen-bond acceptors (Lipinski definition) is 1. The molecule has 9 heavy (non-hydrogen) atoms. The molecule has 0 aliphatic carbocycles. The minimum atomic E-state index is 1.16. The number of thiophene rings is 1. The second kappa shape index (κ2) is 2.36. The average Bonchev–Trinajstić information content (AvgIpc) is 2.13. The van der Waals surface area contributed by atoms with Crippen LogP contribution in [0.2, 0.25) is 0 Å². The standard InChI is InChI=1S/C8H10S/c1-6(2)8-4-5-9-7(8)3/h4-5H,1H2,2-3H3. The Morgan fingerprint density at radius 2 is 2.33 bits per heavy atom. The lowest BCUT2D eigenvalue weighted by Crippen LogP contribution is -1.72. The van der Waals surface area contributed by atoms with Crippen LogP contribution in [0.1, 0.15) is 17.4 Å². The molecule has 0 N–H and O–H groups in total. The van der Waals surface area contributed by atoms with Crippen molar-refractivity contribution in [2.45, 2.75) is 13.8 Å². The van der Waals surface area contributed by atoms with Crippen molar-refractivity contribution in [3.05, 3.63) is 28.5 Å². The predicted octanol–water partition coefficient (Wildman–Crippen LogP) is 3.09. The summed E-state index contributed by atoms with van der Waals surface area (Å²) in [5.41, 5.74) is 2.47. The van der Waals surface area contributed by atoms with E-state index in [-0.39, 0.29) is 0 Å². The fourth-order valence-electron chi connectivity index (χ4n) is 0.828. The molecule has 1 heterocycles. The van der Waals surface area contributed by atoms with Crippen molar-refractivity contribution < 1.29 is 0 Å². The Kier molecular flexibility index (Phi) is 1.72. The van der Waals surface area contributed by atoms with Crippen LogP contribution < -0.4 is 0 Å². The molecule has 0 saturated heterocycles. The predicted molar refractivity (Wildman–Crippen MR) is 43.8 cm³/mol. The van der Waals surface area contributed by atoms with E-state index in [0.717, 1.165) is 5.57 Å². The number of allylic oxidation sites excluding steroid dienone is 1. The molecule has 0 unspecified atom stereocenters. The summed E-state index contributed by atoms with van der Waals surface area (Å²) >= 11 is 1.77. The maximum absolute atomic E-state index is 3.87.